The van der Waals surface area contributed by atoms with Crippen LogP contribution in [0.3, 0.4) is 0 Å². The Kier molecular flexibility index (Phi) is 6.93. The van der Waals surface area contributed by atoms with E-state index >= 15 is 0 Å². The van der Waals surface area contributed by atoms with E-state index in [9.17, 15) is 5.26 Å². The van der Waals surface area contributed by atoms with Crippen molar-refractivity contribution in [3.05, 3.63) is 186 Å². The summed E-state index contributed by atoms with van der Waals surface area (Å²) in [5, 5.41) is 16.1. The van der Waals surface area contributed by atoms with Gasteiger partial charge >= 0.3 is 0 Å². The maximum atomic E-state index is 9.73. The fraction of sp³-hybridized carbons (Fsp3) is 0. The molecule has 0 bridgehead atoms. The first-order valence-electron chi connectivity index (χ1n) is 16.6. The van der Waals surface area contributed by atoms with Crippen molar-refractivity contribution in [1.82, 2.24) is 4.57 Å². The molecule has 9 rings (SSSR count). The van der Waals surface area contributed by atoms with Gasteiger partial charge in [-0.1, -0.05) is 103 Å². The van der Waals surface area contributed by atoms with Crippen molar-refractivity contribution in [2.75, 3.05) is 0 Å². The van der Waals surface area contributed by atoms with Crippen LogP contribution in [0.2, 0.25) is 0 Å². The highest BCUT2D eigenvalue weighted by Gasteiger charge is 2.20. The summed E-state index contributed by atoms with van der Waals surface area (Å²) >= 11 is 0. The van der Waals surface area contributed by atoms with Crippen LogP contribution in [0, 0.1) is 24.5 Å². The van der Waals surface area contributed by atoms with Gasteiger partial charge in [0.1, 0.15) is 0 Å². The number of benzene rings is 8. The first kappa shape index (κ1) is 29.7. The van der Waals surface area contributed by atoms with Crippen LogP contribution in [0.1, 0.15) is 5.56 Å². The van der Waals surface area contributed by atoms with Crippen LogP contribution in [0.15, 0.2) is 158 Å². The lowest BCUT2D eigenvalue weighted by Gasteiger charge is -2.19. The smallest absolute Gasteiger partial charge is 0.188 e. The second-order valence-corrected chi connectivity index (χ2v) is 12.6. The summed E-state index contributed by atoms with van der Waals surface area (Å²) < 4.78 is 2.21. The lowest BCUT2D eigenvalue weighted by atomic mass is 9.85. The molecular weight excluding hydrogens is 621 g/mol. The highest BCUT2D eigenvalue weighted by atomic mass is 15.0. The second-order valence-electron chi connectivity index (χ2n) is 12.6. The molecule has 9 aromatic rings. The summed E-state index contributed by atoms with van der Waals surface area (Å²) in [7, 11) is 0. The number of aromatic nitrogens is 1. The minimum absolute atomic E-state index is 0.546. The second kappa shape index (κ2) is 11.9. The zero-order chi connectivity index (χ0) is 34.5. The first-order valence-corrected chi connectivity index (χ1v) is 16.6. The minimum Gasteiger partial charge on any atom is -0.309 e. The predicted molar refractivity (Wildman–Crippen MR) is 209 cm³/mol. The molecule has 1 heterocycles. The third-order valence-corrected chi connectivity index (χ3v) is 9.79. The summed E-state index contributed by atoms with van der Waals surface area (Å²) in [5.41, 5.74) is 10.8. The molecule has 0 saturated heterocycles. The molecule has 0 aliphatic rings. The molecule has 51 heavy (non-hydrogen) atoms. The van der Waals surface area contributed by atoms with Crippen LogP contribution in [-0.2, 0) is 0 Å². The van der Waals surface area contributed by atoms with Crippen molar-refractivity contribution in [2.45, 2.75) is 0 Å². The molecule has 234 valence electrons. The van der Waals surface area contributed by atoms with Gasteiger partial charge in [-0.2, -0.15) is 5.26 Å². The quantitative estimate of drug-likeness (QED) is 0.138. The molecule has 0 aliphatic heterocycles. The van der Waals surface area contributed by atoms with Gasteiger partial charge in [-0.3, -0.25) is 0 Å². The van der Waals surface area contributed by atoms with Crippen molar-refractivity contribution in [3.63, 3.8) is 0 Å². The number of rotatable bonds is 4. The monoisotopic (exact) mass is 646 g/mol. The zero-order valence-corrected chi connectivity index (χ0v) is 27.3. The number of fused-ring (bicyclic) bond motifs is 5. The standard InChI is InChI=1S/C47H26N4/c1-49-34-21-23-45-42(28-34)41-24-30(29-48)20-22-44(41)51(45)43-19-11-10-14-36(43)32-25-33(27-35(26-32)50-2)47-39-17-8-6-15-37(39)46(31-12-4-3-5-13-31)38-16-7-9-18-40(38)47/h3-28H. The zero-order valence-electron chi connectivity index (χ0n) is 27.3. The summed E-state index contributed by atoms with van der Waals surface area (Å²) in [6, 6.07) is 55.8. The molecule has 0 amide bonds. The van der Waals surface area contributed by atoms with Crippen molar-refractivity contribution < 1.29 is 0 Å². The first-order chi connectivity index (χ1) is 25.2. The minimum atomic E-state index is 0.546. The molecule has 0 N–H and O–H groups in total. The molecule has 8 aromatic carbocycles. The van der Waals surface area contributed by atoms with Crippen molar-refractivity contribution in [1.29, 1.82) is 5.26 Å². The Morgan fingerprint density at radius 2 is 1.00 bits per heavy atom. The Hall–Kier alpha value is -7.45. The van der Waals surface area contributed by atoms with Gasteiger partial charge < -0.3 is 4.57 Å². The number of nitrogens with zero attached hydrogens (tertiary/aromatic N) is 4. The van der Waals surface area contributed by atoms with Crippen LogP contribution in [0.5, 0.6) is 0 Å². The van der Waals surface area contributed by atoms with E-state index in [4.69, 9.17) is 13.1 Å². The molecule has 1 aromatic heterocycles. The van der Waals surface area contributed by atoms with Gasteiger partial charge in [0.25, 0.3) is 0 Å². The van der Waals surface area contributed by atoms with Crippen molar-refractivity contribution in [2.24, 2.45) is 0 Å². The topological polar surface area (TPSA) is 37.4 Å². The van der Waals surface area contributed by atoms with Gasteiger partial charge in [0.2, 0.25) is 0 Å². The number of nitriles is 1. The highest BCUT2D eigenvalue weighted by Crippen LogP contribution is 2.46. The van der Waals surface area contributed by atoms with E-state index in [0.717, 1.165) is 76.9 Å². The lowest BCUT2D eigenvalue weighted by molar-refractivity contribution is 1.18. The molecule has 0 unspecified atom stereocenters. The van der Waals surface area contributed by atoms with E-state index in [1.807, 2.05) is 66.7 Å². The van der Waals surface area contributed by atoms with E-state index in [-0.39, 0.29) is 0 Å². The molecule has 0 aliphatic carbocycles. The largest absolute Gasteiger partial charge is 0.309 e. The molecule has 0 spiro atoms. The van der Waals surface area contributed by atoms with Gasteiger partial charge in [-0.25, -0.2) is 9.69 Å². The number of para-hydroxylation sites is 1. The maximum Gasteiger partial charge on any atom is 0.188 e. The molecular formula is C47H26N4. The average Bonchev–Trinajstić information content (AvgIpc) is 3.52. The van der Waals surface area contributed by atoms with Crippen molar-refractivity contribution >= 4 is 54.7 Å². The number of hydrogen-bond acceptors (Lipinski definition) is 1. The van der Waals surface area contributed by atoms with E-state index in [1.54, 1.807) is 0 Å². The van der Waals surface area contributed by atoms with Gasteiger partial charge in [0, 0.05) is 10.9 Å². The Bertz CT molecular complexity index is 2870. The maximum absolute atomic E-state index is 9.73. The average molecular weight is 647 g/mol. The molecule has 0 saturated carbocycles. The molecule has 0 fully saturated rings. The fourth-order valence-corrected chi connectivity index (χ4v) is 7.65. The Balaban J connectivity index is 1.33. The Labute approximate surface area is 294 Å². The van der Waals surface area contributed by atoms with Crippen LogP contribution < -0.4 is 0 Å². The number of hydrogen-bond donors (Lipinski definition) is 0. The van der Waals surface area contributed by atoms with Gasteiger partial charge in [0.15, 0.2) is 11.4 Å². The van der Waals surface area contributed by atoms with E-state index < -0.39 is 0 Å². The van der Waals surface area contributed by atoms with Crippen molar-refractivity contribution in [3.8, 4) is 45.1 Å². The van der Waals surface area contributed by atoms with Gasteiger partial charge in [-0.15, -0.1) is 0 Å². The predicted octanol–water partition coefficient (Wildman–Crippen LogP) is 13.1. The van der Waals surface area contributed by atoms with Gasteiger partial charge in [0.05, 0.1) is 41.5 Å². The summed E-state index contributed by atoms with van der Waals surface area (Å²) in [6.07, 6.45) is 0. The Morgan fingerprint density at radius 1 is 0.451 bits per heavy atom. The molecule has 0 radical (unpaired) electrons. The van der Waals surface area contributed by atoms with Crippen LogP contribution >= 0.6 is 0 Å². The van der Waals surface area contributed by atoms with E-state index in [1.165, 1.54) is 5.56 Å². The normalized spacial score (nSPS) is 11.1. The summed E-state index contributed by atoms with van der Waals surface area (Å²) in [6.45, 7) is 15.8. The highest BCUT2D eigenvalue weighted by molar-refractivity contribution is 6.21. The third kappa shape index (κ3) is 4.74. The third-order valence-electron chi connectivity index (χ3n) is 9.79. The van der Waals surface area contributed by atoms with E-state index in [2.05, 4.69) is 111 Å². The molecule has 4 heteroatoms. The van der Waals surface area contributed by atoms with Crippen LogP contribution in [0.25, 0.3) is 92.1 Å². The summed E-state index contributed by atoms with van der Waals surface area (Å²) in [5.74, 6) is 0. The Morgan fingerprint density at radius 3 is 1.65 bits per heavy atom. The molecule has 0 atom stereocenters. The summed E-state index contributed by atoms with van der Waals surface area (Å²) in [4.78, 5) is 7.67. The SMILES string of the molecule is [C-]#[N+]c1cc(-c2ccccc2-n2c3ccc(C#N)cc3c3cc([N+]#[C-])ccc32)cc(-c2c3ccccc3c(-c3ccccc3)c3ccccc23)c1. The van der Waals surface area contributed by atoms with E-state index in [0.29, 0.717) is 16.9 Å². The lowest BCUT2D eigenvalue weighted by Crippen LogP contribution is -1.97. The van der Waals surface area contributed by atoms with Gasteiger partial charge in [-0.05, 0) is 109 Å². The molecule has 4 nitrogen and oxygen atoms in total. The van der Waals surface area contributed by atoms with Crippen LogP contribution in [-0.4, -0.2) is 4.57 Å². The fourth-order valence-electron chi connectivity index (χ4n) is 7.65. The van der Waals surface area contributed by atoms with Crippen LogP contribution in [0.4, 0.5) is 11.4 Å².